The van der Waals surface area contributed by atoms with Gasteiger partial charge in [-0.2, -0.15) is 0 Å². The highest BCUT2D eigenvalue weighted by Gasteiger charge is 2.19. The van der Waals surface area contributed by atoms with Gasteiger partial charge in [-0.15, -0.1) is 0 Å². The van der Waals surface area contributed by atoms with E-state index in [1.807, 2.05) is 0 Å². The van der Waals surface area contributed by atoms with Crippen molar-refractivity contribution in [3.05, 3.63) is 0 Å². The lowest BCUT2D eigenvalue weighted by Crippen LogP contribution is -2.30. The van der Waals surface area contributed by atoms with Crippen LogP contribution in [0.3, 0.4) is 0 Å². The Morgan fingerprint density at radius 2 is 0.509 bits per heavy atom. The molecular formula is C47H90O6. The predicted octanol–water partition coefficient (Wildman–Crippen LogP) is 14.9. The molecule has 0 rings (SSSR count). The SMILES string of the molecule is CCCCCCCCCCCCCCCCCCCCCC(=O)OCC(COC(=O)CCCCCCCCCC)OC(=O)CCCCCCCCCC. The summed E-state index contributed by atoms with van der Waals surface area (Å²) < 4.78 is 16.6. The third kappa shape index (κ3) is 41.4. The van der Waals surface area contributed by atoms with E-state index in [0.29, 0.717) is 19.3 Å². The van der Waals surface area contributed by atoms with Crippen molar-refractivity contribution in [1.82, 2.24) is 0 Å². The largest absolute Gasteiger partial charge is 0.462 e. The predicted molar refractivity (Wildman–Crippen MR) is 224 cm³/mol. The van der Waals surface area contributed by atoms with Gasteiger partial charge in [0.25, 0.3) is 0 Å². The van der Waals surface area contributed by atoms with Gasteiger partial charge in [0.15, 0.2) is 6.10 Å². The van der Waals surface area contributed by atoms with E-state index in [0.717, 1.165) is 57.8 Å². The van der Waals surface area contributed by atoms with Gasteiger partial charge < -0.3 is 14.2 Å². The van der Waals surface area contributed by atoms with Crippen LogP contribution in [0.1, 0.15) is 265 Å². The van der Waals surface area contributed by atoms with Crippen molar-refractivity contribution in [3.8, 4) is 0 Å². The van der Waals surface area contributed by atoms with Gasteiger partial charge in [0.1, 0.15) is 13.2 Å². The Balaban J connectivity index is 4.12. The summed E-state index contributed by atoms with van der Waals surface area (Å²) in [5.41, 5.74) is 0. The van der Waals surface area contributed by atoms with Crippen LogP contribution in [0.15, 0.2) is 0 Å². The molecule has 0 heterocycles. The van der Waals surface area contributed by atoms with E-state index in [4.69, 9.17) is 14.2 Å². The molecule has 314 valence electrons. The maximum atomic E-state index is 12.6. The fraction of sp³-hybridized carbons (Fsp3) is 0.936. The lowest BCUT2D eigenvalue weighted by Gasteiger charge is -2.18. The second-order valence-corrected chi connectivity index (χ2v) is 16.0. The van der Waals surface area contributed by atoms with Gasteiger partial charge in [-0.25, -0.2) is 0 Å². The summed E-state index contributed by atoms with van der Waals surface area (Å²) in [6, 6.07) is 0. The van der Waals surface area contributed by atoms with Gasteiger partial charge in [0.05, 0.1) is 0 Å². The molecule has 0 fully saturated rings. The van der Waals surface area contributed by atoms with Crippen molar-refractivity contribution in [1.29, 1.82) is 0 Å². The second kappa shape index (κ2) is 43.1. The van der Waals surface area contributed by atoms with E-state index in [9.17, 15) is 14.4 Å². The molecule has 0 N–H and O–H groups in total. The average molecular weight is 751 g/mol. The topological polar surface area (TPSA) is 78.9 Å². The van der Waals surface area contributed by atoms with Crippen LogP contribution in [0.5, 0.6) is 0 Å². The standard InChI is InChI=1S/C47H90O6/c1-4-7-10-13-16-19-20-21-22-23-24-25-26-27-28-29-32-34-37-40-46(49)52-43-44(53-47(50)41-38-35-31-18-15-12-9-6-3)42-51-45(48)39-36-33-30-17-14-11-8-5-2/h44H,4-43H2,1-3H3. The molecule has 0 aromatic heterocycles. The first-order valence-electron chi connectivity index (χ1n) is 23.5. The summed E-state index contributed by atoms with van der Waals surface area (Å²) in [4.78, 5) is 37.5. The third-order valence-corrected chi connectivity index (χ3v) is 10.6. The number of unbranched alkanes of at least 4 members (excludes halogenated alkanes) is 32. The minimum atomic E-state index is -0.756. The molecule has 0 saturated heterocycles. The zero-order chi connectivity index (χ0) is 38.7. The van der Waals surface area contributed by atoms with Gasteiger partial charge in [-0.05, 0) is 19.3 Å². The van der Waals surface area contributed by atoms with Crippen molar-refractivity contribution in [2.75, 3.05) is 13.2 Å². The minimum absolute atomic E-state index is 0.0633. The average Bonchev–Trinajstić information content (AvgIpc) is 3.15. The van der Waals surface area contributed by atoms with E-state index in [2.05, 4.69) is 20.8 Å². The van der Waals surface area contributed by atoms with E-state index in [1.54, 1.807) is 0 Å². The maximum absolute atomic E-state index is 12.6. The number of carbonyl (C=O) groups is 3. The number of hydrogen-bond acceptors (Lipinski definition) is 6. The van der Waals surface area contributed by atoms with Crippen LogP contribution in [-0.2, 0) is 28.6 Å². The number of ether oxygens (including phenoxy) is 3. The molecule has 0 aliphatic rings. The van der Waals surface area contributed by atoms with Crippen LogP contribution in [0.4, 0.5) is 0 Å². The maximum Gasteiger partial charge on any atom is 0.306 e. The Hall–Kier alpha value is -1.59. The first-order chi connectivity index (χ1) is 26.0. The second-order valence-electron chi connectivity index (χ2n) is 16.0. The van der Waals surface area contributed by atoms with Gasteiger partial charge in [0, 0.05) is 19.3 Å². The van der Waals surface area contributed by atoms with Gasteiger partial charge in [-0.3, -0.25) is 14.4 Å². The molecular weight excluding hydrogens is 661 g/mol. The van der Waals surface area contributed by atoms with Gasteiger partial charge in [-0.1, -0.05) is 226 Å². The lowest BCUT2D eigenvalue weighted by atomic mass is 10.0. The highest BCUT2D eigenvalue weighted by atomic mass is 16.6. The molecule has 0 aliphatic heterocycles. The Morgan fingerprint density at radius 1 is 0.302 bits per heavy atom. The fourth-order valence-corrected chi connectivity index (χ4v) is 7.03. The Bertz CT molecular complexity index is 783. The van der Waals surface area contributed by atoms with E-state index in [-0.39, 0.29) is 31.1 Å². The number of rotatable bonds is 43. The quantitative estimate of drug-likeness (QED) is 0.0351. The Morgan fingerprint density at radius 3 is 0.755 bits per heavy atom. The summed E-state index contributed by atoms with van der Waals surface area (Å²) in [6.07, 6.45) is 43.9. The smallest absolute Gasteiger partial charge is 0.306 e. The molecule has 6 heteroatoms. The van der Waals surface area contributed by atoms with Crippen LogP contribution in [0.25, 0.3) is 0 Å². The summed E-state index contributed by atoms with van der Waals surface area (Å²) in [5.74, 6) is -0.859. The Kier molecular flexibility index (Phi) is 41.8. The fourth-order valence-electron chi connectivity index (χ4n) is 7.03. The molecule has 0 spiro atoms. The van der Waals surface area contributed by atoms with Gasteiger partial charge in [0.2, 0.25) is 0 Å². The van der Waals surface area contributed by atoms with E-state index < -0.39 is 6.10 Å². The molecule has 0 amide bonds. The number of hydrogen-bond donors (Lipinski definition) is 0. The van der Waals surface area contributed by atoms with E-state index in [1.165, 1.54) is 167 Å². The lowest BCUT2D eigenvalue weighted by molar-refractivity contribution is -0.167. The van der Waals surface area contributed by atoms with Crippen LogP contribution >= 0.6 is 0 Å². The molecule has 0 bridgehead atoms. The van der Waals surface area contributed by atoms with E-state index >= 15 is 0 Å². The zero-order valence-electron chi connectivity index (χ0n) is 35.8. The monoisotopic (exact) mass is 751 g/mol. The Labute approximate surface area is 329 Å². The summed E-state index contributed by atoms with van der Waals surface area (Å²) >= 11 is 0. The molecule has 53 heavy (non-hydrogen) atoms. The minimum Gasteiger partial charge on any atom is -0.462 e. The molecule has 0 aromatic rings. The normalized spacial score (nSPS) is 11.8. The first kappa shape index (κ1) is 51.4. The molecule has 1 unspecified atom stereocenters. The summed E-state index contributed by atoms with van der Waals surface area (Å²) in [7, 11) is 0. The molecule has 6 nitrogen and oxygen atoms in total. The number of esters is 3. The molecule has 0 aromatic carbocycles. The first-order valence-corrected chi connectivity index (χ1v) is 23.5. The van der Waals surface area contributed by atoms with Gasteiger partial charge >= 0.3 is 17.9 Å². The highest BCUT2D eigenvalue weighted by Crippen LogP contribution is 2.16. The van der Waals surface area contributed by atoms with Crippen LogP contribution in [0.2, 0.25) is 0 Å². The zero-order valence-corrected chi connectivity index (χ0v) is 35.8. The highest BCUT2D eigenvalue weighted by molar-refractivity contribution is 5.71. The number of carbonyl (C=O) groups excluding carboxylic acids is 3. The third-order valence-electron chi connectivity index (χ3n) is 10.6. The van der Waals surface area contributed by atoms with Crippen LogP contribution in [-0.4, -0.2) is 37.2 Å². The summed E-state index contributed by atoms with van der Waals surface area (Å²) in [6.45, 7) is 6.60. The molecule has 0 aliphatic carbocycles. The van der Waals surface area contributed by atoms with Crippen LogP contribution < -0.4 is 0 Å². The van der Waals surface area contributed by atoms with Crippen molar-refractivity contribution < 1.29 is 28.6 Å². The van der Waals surface area contributed by atoms with Crippen LogP contribution in [0, 0.1) is 0 Å². The van der Waals surface area contributed by atoms with Crippen molar-refractivity contribution in [2.24, 2.45) is 0 Å². The molecule has 1 atom stereocenters. The van der Waals surface area contributed by atoms with Crippen molar-refractivity contribution in [3.63, 3.8) is 0 Å². The summed E-state index contributed by atoms with van der Waals surface area (Å²) in [5, 5.41) is 0. The van der Waals surface area contributed by atoms with Crippen molar-refractivity contribution >= 4 is 17.9 Å². The molecule has 0 radical (unpaired) electrons. The molecule has 0 saturated carbocycles. The van der Waals surface area contributed by atoms with Crippen molar-refractivity contribution in [2.45, 2.75) is 271 Å².